The van der Waals surface area contributed by atoms with Crippen LogP contribution in [0.5, 0.6) is 0 Å². The molecule has 2 bridgehead atoms. The lowest BCUT2D eigenvalue weighted by Crippen LogP contribution is -2.42. The fraction of sp³-hybridized carbons (Fsp3) is 0.633. The summed E-state index contributed by atoms with van der Waals surface area (Å²) in [7, 11) is 0. The molecule has 0 aromatic carbocycles. The predicted molar refractivity (Wildman–Crippen MR) is 144 cm³/mol. The van der Waals surface area contributed by atoms with E-state index in [1.165, 1.54) is 17.7 Å². The van der Waals surface area contributed by atoms with E-state index >= 15 is 0 Å². The first-order chi connectivity index (χ1) is 18.1. The zero-order chi connectivity index (χ0) is 27.7. The average molecular weight is 533 g/mol. The van der Waals surface area contributed by atoms with Crippen LogP contribution in [-0.2, 0) is 19.0 Å². The molecule has 8 nitrogen and oxygen atoms in total. The predicted octanol–water partition coefficient (Wildman–Crippen LogP) is 3.06. The lowest BCUT2D eigenvalue weighted by molar-refractivity contribution is -0.152. The molecule has 3 aliphatic heterocycles. The molecule has 0 saturated carbocycles. The largest absolute Gasteiger partial charge is 0.456 e. The Morgan fingerprint density at radius 2 is 1.87 bits per heavy atom. The highest BCUT2D eigenvalue weighted by Gasteiger charge is 2.32. The molecule has 0 spiro atoms. The van der Waals surface area contributed by atoms with Crippen LogP contribution < -0.4 is 0 Å². The fourth-order valence-corrected chi connectivity index (χ4v) is 5.18. The quantitative estimate of drug-likeness (QED) is 0.323. The van der Waals surface area contributed by atoms with Gasteiger partial charge in [-0.1, -0.05) is 61.1 Å². The van der Waals surface area contributed by atoms with Gasteiger partial charge in [0.1, 0.15) is 18.3 Å². The van der Waals surface area contributed by atoms with Gasteiger partial charge in [-0.3, -0.25) is 0 Å². The first-order valence-electron chi connectivity index (χ1n) is 13.6. The number of esters is 1. The van der Waals surface area contributed by atoms with E-state index in [1.807, 2.05) is 19.1 Å². The van der Waals surface area contributed by atoms with Crippen LogP contribution in [-0.4, -0.2) is 81.8 Å². The molecule has 9 atom stereocenters. The maximum Gasteiger partial charge on any atom is 0.330 e. The first-order valence-corrected chi connectivity index (χ1v) is 13.6. The number of aliphatic hydroxyl groups excluding tert-OH is 4. The lowest BCUT2D eigenvalue weighted by atomic mass is 9.89. The van der Waals surface area contributed by atoms with Gasteiger partial charge in [-0.2, -0.15) is 0 Å². The van der Waals surface area contributed by atoms with E-state index in [1.54, 1.807) is 12.2 Å². The third kappa shape index (κ3) is 9.91. The Hall–Kier alpha value is -2.07. The summed E-state index contributed by atoms with van der Waals surface area (Å²) in [6.07, 6.45) is 8.63. The molecule has 0 radical (unpaired) electrons. The molecule has 212 valence electrons. The Kier molecular flexibility index (Phi) is 12.0. The Morgan fingerprint density at radius 3 is 2.63 bits per heavy atom. The Bertz CT molecular complexity index is 906. The van der Waals surface area contributed by atoms with Crippen LogP contribution in [0.4, 0.5) is 0 Å². The van der Waals surface area contributed by atoms with Crippen molar-refractivity contribution in [2.24, 2.45) is 5.92 Å². The zero-order valence-electron chi connectivity index (χ0n) is 22.5. The summed E-state index contributed by atoms with van der Waals surface area (Å²) < 4.78 is 17.3. The van der Waals surface area contributed by atoms with Gasteiger partial charge in [0.05, 0.1) is 37.1 Å². The summed E-state index contributed by atoms with van der Waals surface area (Å²) in [6, 6.07) is 0. The lowest BCUT2D eigenvalue weighted by Gasteiger charge is -2.30. The smallest absolute Gasteiger partial charge is 0.330 e. The second-order valence-electron chi connectivity index (χ2n) is 10.9. The molecule has 0 aromatic rings. The van der Waals surface area contributed by atoms with E-state index in [2.05, 4.69) is 19.6 Å². The summed E-state index contributed by atoms with van der Waals surface area (Å²) in [5, 5.41) is 42.8. The van der Waals surface area contributed by atoms with Crippen molar-refractivity contribution in [2.75, 3.05) is 6.61 Å². The van der Waals surface area contributed by atoms with Crippen LogP contribution >= 0.6 is 0 Å². The summed E-state index contributed by atoms with van der Waals surface area (Å²) in [4.78, 5) is 12.6. The third-order valence-electron chi connectivity index (χ3n) is 7.24. The highest BCUT2D eigenvalue weighted by molar-refractivity contribution is 5.82. The maximum atomic E-state index is 12.6. The zero-order valence-corrected chi connectivity index (χ0v) is 22.5. The van der Waals surface area contributed by atoms with Crippen molar-refractivity contribution < 1.29 is 39.4 Å². The first kappa shape index (κ1) is 30.5. The number of cyclic esters (lactones) is 1. The molecular formula is C30H44O8. The monoisotopic (exact) mass is 532 g/mol. The molecule has 0 unspecified atom stereocenters. The van der Waals surface area contributed by atoms with Gasteiger partial charge in [0, 0.05) is 12.5 Å². The average Bonchev–Trinajstić information content (AvgIpc) is 2.85. The van der Waals surface area contributed by atoms with Crippen molar-refractivity contribution in [3.63, 3.8) is 0 Å². The van der Waals surface area contributed by atoms with Crippen molar-refractivity contribution in [2.45, 2.75) is 108 Å². The number of aliphatic hydroxyl groups is 4. The summed E-state index contributed by atoms with van der Waals surface area (Å²) in [5.41, 5.74) is 1.95. The van der Waals surface area contributed by atoms with Crippen LogP contribution in [0.15, 0.2) is 60.3 Å². The van der Waals surface area contributed by atoms with Crippen LogP contribution in [0, 0.1) is 5.92 Å². The van der Waals surface area contributed by atoms with Crippen molar-refractivity contribution in [1.29, 1.82) is 0 Å². The molecule has 0 saturated heterocycles. The molecule has 8 heteroatoms. The highest BCUT2D eigenvalue weighted by atomic mass is 16.6. The van der Waals surface area contributed by atoms with Gasteiger partial charge in [0.25, 0.3) is 0 Å². The highest BCUT2D eigenvalue weighted by Crippen LogP contribution is 2.27. The molecule has 0 aromatic heterocycles. The van der Waals surface area contributed by atoms with Gasteiger partial charge in [-0.05, 0) is 51.4 Å². The van der Waals surface area contributed by atoms with Crippen molar-refractivity contribution in [3.05, 3.63) is 60.3 Å². The van der Waals surface area contributed by atoms with Crippen LogP contribution in [0.1, 0.15) is 58.8 Å². The van der Waals surface area contributed by atoms with Crippen LogP contribution in [0.25, 0.3) is 0 Å². The number of fused-ring (bicyclic) bond motifs is 2. The van der Waals surface area contributed by atoms with Gasteiger partial charge in [0.2, 0.25) is 0 Å². The maximum absolute atomic E-state index is 12.6. The molecule has 3 heterocycles. The minimum absolute atomic E-state index is 0.0445. The molecule has 3 rings (SSSR count). The van der Waals surface area contributed by atoms with Crippen LogP contribution in [0.3, 0.4) is 0 Å². The number of ether oxygens (including phenoxy) is 3. The third-order valence-corrected chi connectivity index (χ3v) is 7.24. The van der Waals surface area contributed by atoms with E-state index in [-0.39, 0.29) is 37.1 Å². The molecule has 0 aliphatic carbocycles. The minimum Gasteiger partial charge on any atom is -0.456 e. The number of hydrogen-bond acceptors (Lipinski definition) is 8. The second kappa shape index (κ2) is 14.9. The fourth-order valence-electron chi connectivity index (χ4n) is 5.18. The summed E-state index contributed by atoms with van der Waals surface area (Å²) >= 11 is 0. The van der Waals surface area contributed by atoms with Gasteiger partial charge < -0.3 is 34.6 Å². The van der Waals surface area contributed by atoms with E-state index in [9.17, 15) is 25.2 Å². The van der Waals surface area contributed by atoms with Gasteiger partial charge in [-0.15, -0.1) is 0 Å². The normalized spacial score (nSPS) is 38.1. The molecule has 4 N–H and O–H groups in total. The number of carbonyl (C=O) groups excluding carboxylic acids is 1. The number of rotatable bonds is 3. The van der Waals surface area contributed by atoms with Gasteiger partial charge in [0.15, 0.2) is 0 Å². The van der Waals surface area contributed by atoms with E-state index < -0.39 is 36.5 Å². The molecule has 0 amide bonds. The van der Waals surface area contributed by atoms with Gasteiger partial charge >= 0.3 is 5.97 Å². The molecule has 38 heavy (non-hydrogen) atoms. The van der Waals surface area contributed by atoms with E-state index in [0.717, 1.165) is 18.4 Å². The van der Waals surface area contributed by atoms with Crippen molar-refractivity contribution >= 4 is 5.97 Å². The van der Waals surface area contributed by atoms with E-state index in [4.69, 9.17) is 14.2 Å². The van der Waals surface area contributed by atoms with Crippen molar-refractivity contribution in [1.82, 2.24) is 0 Å². The molecule has 0 fully saturated rings. The Balaban J connectivity index is 1.75. The Labute approximate surface area is 226 Å². The second-order valence-corrected chi connectivity index (χ2v) is 10.9. The number of carbonyl (C=O) groups is 1. The summed E-state index contributed by atoms with van der Waals surface area (Å²) in [6.45, 7) is 8.65. The minimum atomic E-state index is -1.50. The standard InChI is InChI=1S/C30H44O8/c1-19-12-13-36-23(15-19)10-11-25(31)28-18-27(33)30(35)26(32)17-21(3)14-20(2)16-24-8-4-6-22(37-24)7-5-9-29(34)38-28/h4-6,9-12,20,22-28,30-33,35H,3,7-8,13-18H2,1-2H3/b9-5+,11-10+/t20-,22-,23+,24-,25-,26-,27+,28-,30-/m0/s1. The number of hydrogen-bond donors (Lipinski definition) is 4. The topological polar surface area (TPSA) is 126 Å². The molecular weight excluding hydrogens is 488 g/mol. The van der Waals surface area contributed by atoms with E-state index in [0.29, 0.717) is 25.9 Å². The Morgan fingerprint density at radius 1 is 1.08 bits per heavy atom. The molecule has 3 aliphatic rings. The van der Waals surface area contributed by atoms with Crippen molar-refractivity contribution in [3.8, 4) is 0 Å². The van der Waals surface area contributed by atoms with Gasteiger partial charge in [-0.25, -0.2) is 4.79 Å². The SMILES string of the molecule is C=C1C[C@H](C)C[C@@H]2CC=C[C@@H](C/C=C/C(=O)O[C@H]([C@@H](O)/C=C/[C@@H]3CC(C)=CCO3)C[C@@H](O)[C@@H](O)[C@@H](O)C1)O2. The summed E-state index contributed by atoms with van der Waals surface area (Å²) in [5.74, 6) is -0.422. The van der Waals surface area contributed by atoms with Crippen LogP contribution in [0.2, 0.25) is 0 Å².